The van der Waals surface area contributed by atoms with Gasteiger partial charge in [0, 0.05) is 5.69 Å². The minimum atomic E-state index is -3.89. The number of halogens is 2. The highest BCUT2D eigenvalue weighted by Gasteiger charge is 2.16. The van der Waals surface area contributed by atoms with Gasteiger partial charge in [-0.15, -0.1) is 0 Å². The van der Waals surface area contributed by atoms with E-state index < -0.39 is 21.7 Å². The molecule has 0 atom stereocenters. The van der Waals surface area contributed by atoms with E-state index in [0.717, 1.165) is 6.07 Å². The fourth-order valence-electron chi connectivity index (χ4n) is 1.66. The average molecular weight is 329 g/mol. The first-order valence-corrected chi connectivity index (χ1v) is 7.59. The fourth-order valence-corrected chi connectivity index (χ4v) is 2.47. The predicted octanol–water partition coefficient (Wildman–Crippen LogP) is 2.38. The minimum Gasteiger partial charge on any atom is -0.322 e. The molecule has 0 heterocycles. The van der Waals surface area contributed by atoms with Crippen molar-refractivity contribution in [2.45, 2.75) is 4.90 Å². The van der Waals surface area contributed by atoms with Crippen LogP contribution in [-0.2, 0) is 10.0 Å². The molecule has 0 bridgehead atoms. The summed E-state index contributed by atoms with van der Waals surface area (Å²) in [5, 5.41) is 7.32. The van der Waals surface area contributed by atoms with Gasteiger partial charge in [0.2, 0.25) is 10.0 Å². The molecule has 110 valence electrons. The van der Waals surface area contributed by atoms with E-state index >= 15 is 0 Å². The predicted molar refractivity (Wildman–Crippen MR) is 77.2 cm³/mol. The SMILES string of the molecule is NS(=O)(=O)c1cccc(NC(=O)c2c(F)cccc2Cl)c1. The van der Waals surface area contributed by atoms with Crippen molar-refractivity contribution in [3.63, 3.8) is 0 Å². The maximum Gasteiger partial charge on any atom is 0.260 e. The number of nitrogens with two attached hydrogens (primary N) is 1. The second kappa shape index (κ2) is 5.80. The van der Waals surface area contributed by atoms with Gasteiger partial charge in [-0.2, -0.15) is 0 Å². The van der Waals surface area contributed by atoms with Crippen LogP contribution in [0.5, 0.6) is 0 Å². The van der Waals surface area contributed by atoms with Crippen LogP contribution in [0.25, 0.3) is 0 Å². The molecule has 3 N–H and O–H groups in total. The van der Waals surface area contributed by atoms with Crippen molar-refractivity contribution >= 4 is 33.2 Å². The van der Waals surface area contributed by atoms with Gasteiger partial charge in [-0.3, -0.25) is 4.79 Å². The molecule has 1 amide bonds. The number of benzene rings is 2. The van der Waals surface area contributed by atoms with E-state index in [1.807, 2.05) is 0 Å². The molecule has 0 unspecified atom stereocenters. The van der Waals surface area contributed by atoms with Gasteiger partial charge in [0.15, 0.2) is 0 Å². The Morgan fingerprint density at radius 2 is 1.86 bits per heavy atom. The Hall–Kier alpha value is -1.96. The van der Waals surface area contributed by atoms with Gasteiger partial charge in [0.05, 0.1) is 15.5 Å². The smallest absolute Gasteiger partial charge is 0.260 e. The second-order valence-electron chi connectivity index (χ2n) is 4.12. The minimum absolute atomic E-state index is 0.0462. The van der Waals surface area contributed by atoms with Crippen LogP contribution in [0, 0.1) is 5.82 Å². The molecule has 0 aliphatic heterocycles. The van der Waals surface area contributed by atoms with Crippen molar-refractivity contribution in [2.75, 3.05) is 5.32 Å². The number of amides is 1. The normalized spacial score (nSPS) is 11.2. The molecular weight excluding hydrogens is 319 g/mol. The quantitative estimate of drug-likeness (QED) is 0.906. The topological polar surface area (TPSA) is 89.3 Å². The molecule has 2 aromatic carbocycles. The lowest BCUT2D eigenvalue weighted by atomic mass is 10.2. The van der Waals surface area contributed by atoms with Gasteiger partial charge < -0.3 is 5.32 Å². The Labute approximate surface area is 125 Å². The maximum absolute atomic E-state index is 13.6. The number of primary sulfonamides is 1. The van der Waals surface area contributed by atoms with Gasteiger partial charge in [-0.1, -0.05) is 23.7 Å². The van der Waals surface area contributed by atoms with Gasteiger partial charge in [-0.25, -0.2) is 17.9 Å². The Kier molecular flexibility index (Phi) is 4.26. The largest absolute Gasteiger partial charge is 0.322 e. The van der Waals surface area contributed by atoms with E-state index in [4.69, 9.17) is 16.7 Å². The van der Waals surface area contributed by atoms with E-state index in [0.29, 0.717) is 0 Å². The molecular formula is C13H10ClFN2O3S. The summed E-state index contributed by atoms with van der Waals surface area (Å²) in [6, 6.07) is 9.14. The third-order valence-electron chi connectivity index (χ3n) is 2.61. The highest BCUT2D eigenvalue weighted by atomic mass is 35.5. The van der Waals surface area contributed by atoms with Crippen LogP contribution >= 0.6 is 11.6 Å². The zero-order valence-corrected chi connectivity index (χ0v) is 12.1. The Bertz CT molecular complexity index is 789. The van der Waals surface area contributed by atoms with Crippen LogP contribution in [0.15, 0.2) is 47.4 Å². The average Bonchev–Trinajstić information content (AvgIpc) is 2.37. The second-order valence-corrected chi connectivity index (χ2v) is 6.09. The van der Waals surface area contributed by atoms with Crippen molar-refractivity contribution in [1.82, 2.24) is 0 Å². The third-order valence-corrected chi connectivity index (χ3v) is 3.84. The Morgan fingerprint density at radius 3 is 2.48 bits per heavy atom. The summed E-state index contributed by atoms with van der Waals surface area (Å²) in [6.45, 7) is 0. The molecule has 0 spiro atoms. The molecule has 0 aliphatic rings. The number of hydrogen-bond donors (Lipinski definition) is 2. The molecule has 2 aromatic rings. The summed E-state index contributed by atoms with van der Waals surface area (Å²) >= 11 is 5.78. The first-order valence-electron chi connectivity index (χ1n) is 5.67. The summed E-state index contributed by atoms with van der Waals surface area (Å²) < 4.78 is 36.1. The third kappa shape index (κ3) is 3.57. The number of sulfonamides is 1. The maximum atomic E-state index is 13.6. The lowest BCUT2D eigenvalue weighted by Gasteiger charge is -2.08. The van der Waals surface area contributed by atoms with Gasteiger partial charge in [0.1, 0.15) is 5.82 Å². The van der Waals surface area contributed by atoms with Crippen molar-refractivity contribution in [2.24, 2.45) is 5.14 Å². The van der Waals surface area contributed by atoms with E-state index in [2.05, 4.69) is 5.32 Å². The van der Waals surface area contributed by atoms with Crippen molar-refractivity contribution < 1.29 is 17.6 Å². The number of carbonyl (C=O) groups is 1. The van der Waals surface area contributed by atoms with Crippen LogP contribution in [0.2, 0.25) is 5.02 Å². The fraction of sp³-hybridized carbons (Fsp3) is 0. The van der Waals surface area contributed by atoms with Crippen LogP contribution in [-0.4, -0.2) is 14.3 Å². The number of hydrogen-bond acceptors (Lipinski definition) is 3. The molecule has 0 saturated carbocycles. The van der Waals surface area contributed by atoms with E-state index in [1.54, 1.807) is 0 Å². The molecule has 0 fully saturated rings. The Balaban J connectivity index is 2.33. The van der Waals surface area contributed by atoms with Crippen LogP contribution < -0.4 is 10.5 Å². The lowest BCUT2D eigenvalue weighted by molar-refractivity contribution is 0.102. The first-order chi connectivity index (χ1) is 9.79. The van der Waals surface area contributed by atoms with E-state index in [1.165, 1.54) is 36.4 Å². The molecule has 5 nitrogen and oxygen atoms in total. The first kappa shape index (κ1) is 15.4. The number of anilines is 1. The van der Waals surface area contributed by atoms with E-state index in [-0.39, 0.29) is 21.2 Å². The van der Waals surface area contributed by atoms with Crippen LogP contribution in [0.1, 0.15) is 10.4 Å². The molecule has 0 aliphatic carbocycles. The van der Waals surface area contributed by atoms with Crippen molar-refractivity contribution in [3.8, 4) is 0 Å². The molecule has 21 heavy (non-hydrogen) atoms. The summed E-state index contributed by atoms with van der Waals surface area (Å²) in [5.74, 6) is -1.56. The van der Waals surface area contributed by atoms with Crippen LogP contribution in [0.4, 0.5) is 10.1 Å². The summed E-state index contributed by atoms with van der Waals surface area (Å²) in [5.41, 5.74) is -0.161. The highest BCUT2D eigenvalue weighted by molar-refractivity contribution is 7.89. The zero-order chi connectivity index (χ0) is 15.6. The highest BCUT2D eigenvalue weighted by Crippen LogP contribution is 2.21. The number of nitrogens with one attached hydrogen (secondary N) is 1. The van der Waals surface area contributed by atoms with E-state index in [9.17, 15) is 17.6 Å². The van der Waals surface area contributed by atoms with Gasteiger partial charge >= 0.3 is 0 Å². The van der Waals surface area contributed by atoms with Crippen LogP contribution in [0.3, 0.4) is 0 Å². The standard InChI is InChI=1S/C13H10ClFN2O3S/c14-10-5-2-6-11(15)12(10)13(18)17-8-3-1-4-9(7-8)21(16,19)20/h1-7H,(H,17,18)(H2,16,19,20). The summed E-state index contributed by atoms with van der Waals surface area (Å²) in [7, 11) is -3.89. The molecule has 0 radical (unpaired) electrons. The lowest BCUT2D eigenvalue weighted by Crippen LogP contribution is -2.16. The summed E-state index contributed by atoms with van der Waals surface area (Å²) in [6.07, 6.45) is 0. The number of carbonyl (C=O) groups excluding carboxylic acids is 1. The summed E-state index contributed by atoms with van der Waals surface area (Å²) in [4.78, 5) is 11.8. The monoisotopic (exact) mass is 328 g/mol. The van der Waals surface area contributed by atoms with Gasteiger partial charge in [0.25, 0.3) is 5.91 Å². The zero-order valence-electron chi connectivity index (χ0n) is 10.5. The Morgan fingerprint density at radius 1 is 1.19 bits per heavy atom. The van der Waals surface area contributed by atoms with Crippen molar-refractivity contribution in [1.29, 1.82) is 0 Å². The van der Waals surface area contributed by atoms with Gasteiger partial charge in [-0.05, 0) is 30.3 Å². The molecule has 8 heteroatoms. The number of rotatable bonds is 3. The molecule has 2 rings (SSSR count). The molecule has 0 saturated heterocycles. The molecule has 0 aromatic heterocycles. The van der Waals surface area contributed by atoms with Crippen molar-refractivity contribution in [3.05, 3.63) is 58.9 Å².